The molecule has 3 unspecified atom stereocenters. The molecule has 2 aliphatic rings. The lowest BCUT2D eigenvalue weighted by Crippen LogP contribution is -2.45. The van der Waals surface area contributed by atoms with Gasteiger partial charge in [0.05, 0.1) is 31.7 Å². The van der Waals surface area contributed by atoms with Crippen LogP contribution in [0.4, 0.5) is 0 Å². The van der Waals surface area contributed by atoms with Crippen molar-refractivity contribution in [2.45, 2.75) is 40.7 Å². The average molecular weight is 464 g/mol. The third-order valence-corrected chi connectivity index (χ3v) is 8.71. The molecule has 0 amide bonds. The van der Waals surface area contributed by atoms with Gasteiger partial charge in [-0.2, -0.15) is 0 Å². The number of aromatic nitrogens is 2. The van der Waals surface area contributed by atoms with E-state index in [9.17, 15) is 4.79 Å². The normalized spacial score (nSPS) is 27.3. The number of nitrogens with zero attached hydrogens (tertiary/aromatic N) is 3. The minimum absolute atomic E-state index is 0.104. The van der Waals surface area contributed by atoms with Gasteiger partial charge in [-0.05, 0) is 48.3 Å². The first-order valence-electron chi connectivity index (χ1n) is 10.8. The van der Waals surface area contributed by atoms with Crippen molar-refractivity contribution in [2.24, 2.45) is 22.7 Å². The Kier molecular flexibility index (Phi) is 6.05. The number of esters is 1. The zero-order chi connectivity index (χ0) is 22.4. The Morgan fingerprint density at radius 3 is 2.74 bits per heavy atom. The van der Waals surface area contributed by atoms with Crippen LogP contribution in [0.5, 0.6) is 5.75 Å². The molecule has 0 N–H and O–H groups in total. The lowest BCUT2D eigenvalue weighted by molar-refractivity contribution is -0.149. The van der Waals surface area contributed by atoms with Crippen molar-refractivity contribution in [1.82, 2.24) is 15.1 Å². The lowest BCUT2D eigenvalue weighted by Gasteiger charge is -2.38. The predicted octanol–water partition coefficient (Wildman–Crippen LogP) is 4.91. The third kappa shape index (κ3) is 3.96. The van der Waals surface area contributed by atoms with Gasteiger partial charge in [0.15, 0.2) is 5.01 Å². The summed E-state index contributed by atoms with van der Waals surface area (Å²) in [6.07, 6.45) is 0.895. The van der Waals surface area contributed by atoms with Crippen LogP contribution >= 0.6 is 22.9 Å². The second kappa shape index (κ2) is 8.34. The van der Waals surface area contributed by atoms with Crippen LogP contribution in [0.2, 0.25) is 5.02 Å². The molecule has 1 aliphatic carbocycles. The Morgan fingerprint density at radius 2 is 2.10 bits per heavy atom. The highest BCUT2D eigenvalue weighted by molar-refractivity contribution is 7.14. The highest BCUT2D eigenvalue weighted by Gasteiger charge is 2.70. The van der Waals surface area contributed by atoms with Crippen molar-refractivity contribution in [1.29, 1.82) is 0 Å². The average Bonchev–Trinajstić information content (AvgIpc) is 3.08. The number of hydrogen-bond acceptors (Lipinski definition) is 7. The van der Waals surface area contributed by atoms with Crippen LogP contribution in [0.15, 0.2) is 18.2 Å². The van der Waals surface area contributed by atoms with Gasteiger partial charge in [-0.25, -0.2) is 0 Å². The second-order valence-corrected chi connectivity index (χ2v) is 10.8. The summed E-state index contributed by atoms with van der Waals surface area (Å²) in [5.41, 5.74) is 1.22. The Labute approximate surface area is 192 Å². The summed E-state index contributed by atoms with van der Waals surface area (Å²) in [4.78, 5) is 14.8. The number of halogens is 1. The molecule has 8 heteroatoms. The van der Waals surface area contributed by atoms with Gasteiger partial charge in [0.2, 0.25) is 0 Å². The van der Waals surface area contributed by atoms with E-state index in [1.54, 1.807) is 11.3 Å². The lowest BCUT2D eigenvalue weighted by atomic mass is 9.81. The summed E-state index contributed by atoms with van der Waals surface area (Å²) in [6.45, 7) is 11.8. The van der Waals surface area contributed by atoms with Crippen molar-refractivity contribution in [3.8, 4) is 16.3 Å². The van der Waals surface area contributed by atoms with Gasteiger partial charge in [-0.1, -0.05) is 43.7 Å². The van der Waals surface area contributed by atoms with E-state index in [4.69, 9.17) is 21.1 Å². The minimum Gasteiger partial charge on any atom is -0.493 e. The highest BCUT2D eigenvalue weighted by Crippen LogP contribution is 2.72. The molecule has 1 aromatic heterocycles. The standard InChI is InChI=1S/C23H30ClN3O3S/c1-6-30-18-8-7-16(24)9-17(18)20-26-25-19(31-20)12-27-11-15(21(28)29-5)10-23(13-27)14(2)22(23,3)4/h7-9,14-15H,6,10-13H2,1-5H3. The number of carbonyl (C=O) groups excluding carboxylic acids is 1. The molecule has 168 valence electrons. The summed E-state index contributed by atoms with van der Waals surface area (Å²) in [5, 5.41) is 11.2. The SMILES string of the molecule is CCOc1ccc(Cl)cc1-c1nnc(CN2CC(C(=O)OC)CC3(C2)C(C)C3(C)C)s1. The fourth-order valence-electron chi connectivity index (χ4n) is 5.37. The van der Waals surface area contributed by atoms with Gasteiger partial charge >= 0.3 is 5.97 Å². The van der Waals surface area contributed by atoms with E-state index in [0.717, 1.165) is 34.3 Å². The number of hydrogen-bond donors (Lipinski definition) is 0. The fraction of sp³-hybridized carbons (Fsp3) is 0.609. The predicted molar refractivity (Wildman–Crippen MR) is 122 cm³/mol. The Hall–Kier alpha value is -1.70. The van der Waals surface area contributed by atoms with E-state index >= 15 is 0 Å². The van der Waals surface area contributed by atoms with E-state index in [0.29, 0.717) is 30.6 Å². The fourth-order valence-corrected chi connectivity index (χ4v) is 6.44. The number of ether oxygens (including phenoxy) is 2. The van der Waals surface area contributed by atoms with Crippen LogP contribution < -0.4 is 4.74 Å². The van der Waals surface area contributed by atoms with Crippen LogP contribution in [0, 0.1) is 22.7 Å². The van der Waals surface area contributed by atoms with Gasteiger partial charge in [0.1, 0.15) is 10.8 Å². The van der Waals surface area contributed by atoms with Gasteiger partial charge < -0.3 is 9.47 Å². The molecule has 1 saturated carbocycles. The topological polar surface area (TPSA) is 64.6 Å². The second-order valence-electron chi connectivity index (χ2n) is 9.27. The maximum Gasteiger partial charge on any atom is 0.309 e. The number of rotatable bonds is 6. The van der Waals surface area contributed by atoms with E-state index in [1.165, 1.54) is 7.11 Å². The maximum absolute atomic E-state index is 12.4. The van der Waals surface area contributed by atoms with Crippen molar-refractivity contribution < 1.29 is 14.3 Å². The van der Waals surface area contributed by atoms with Crippen LogP contribution in [0.3, 0.4) is 0 Å². The molecule has 1 aliphatic heterocycles. The molecule has 0 bridgehead atoms. The number of piperidine rings is 1. The van der Waals surface area contributed by atoms with Crippen molar-refractivity contribution in [3.63, 3.8) is 0 Å². The molecular formula is C23H30ClN3O3S. The van der Waals surface area contributed by atoms with E-state index in [-0.39, 0.29) is 22.7 Å². The summed E-state index contributed by atoms with van der Waals surface area (Å²) >= 11 is 7.76. The van der Waals surface area contributed by atoms with Gasteiger partial charge in [0.25, 0.3) is 0 Å². The van der Waals surface area contributed by atoms with E-state index < -0.39 is 0 Å². The maximum atomic E-state index is 12.4. The minimum atomic E-state index is -0.114. The van der Waals surface area contributed by atoms with Crippen molar-refractivity contribution >= 4 is 28.9 Å². The molecule has 2 heterocycles. The van der Waals surface area contributed by atoms with Crippen LogP contribution in [0.25, 0.3) is 10.6 Å². The van der Waals surface area contributed by atoms with E-state index in [1.807, 2.05) is 25.1 Å². The van der Waals surface area contributed by atoms with Crippen LogP contribution in [-0.2, 0) is 16.1 Å². The Bertz CT molecular complexity index is 979. The summed E-state index contributed by atoms with van der Waals surface area (Å²) in [5.74, 6) is 1.11. The molecule has 4 rings (SSSR count). The largest absolute Gasteiger partial charge is 0.493 e. The monoisotopic (exact) mass is 463 g/mol. The molecule has 1 saturated heterocycles. The highest BCUT2D eigenvalue weighted by atomic mass is 35.5. The molecule has 2 fully saturated rings. The molecular weight excluding hydrogens is 434 g/mol. The third-order valence-electron chi connectivity index (χ3n) is 7.54. The first-order valence-corrected chi connectivity index (χ1v) is 12.0. The van der Waals surface area contributed by atoms with Crippen LogP contribution in [-0.4, -0.2) is 47.9 Å². The quantitative estimate of drug-likeness (QED) is 0.567. The first kappa shape index (κ1) is 22.5. The number of methoxy groups -OCH3 is 1. The van der Waals surface area contributed by atoms with Crippen molar-refractivity contribution in [3.05, 3.63) is 28.2 Å². The van der Waals surface area contributed by atoms with E-state index in [2.05, 4.69) is 35.9 Å². The number of likely N-dealkylation sites (tertiary alicyclic amines) is 1. The Balaban J connectivity index is 1.55. The summed E-state index contributed by atoms with van der Waals surface area (Å²) in [6, 6.07) is 5.55. The van der Waals surface area contributed by atoms with Gasteiger partial charge in [0, 0.05) is 18.1 Å². The first-order chi connectivity index (χ1) is 14.7. The molecule has 0 radical (unpaired) electrons. The molecule has 1 aromatic carbocycles. The molecule has 6 nitrogen and oxygen atoms in total. The smallest absolute Gasteiger partial charge is 0.309 e. The zero-order valence-corrected chi connectivity index (χ0v) is 20.3. The number of carbonyl (C=O) groups is 1. The molecule has 31 heavy (non-hydrogen) atoms. The Morgan fingerprint density at radius 1 is 1.35 bits per heavy atom. The van der Waals surface area contributed by atoms with Gasteiger partial charge in [-0.3, -0.25) is 9.69 Å². The molecule has 2 aromatic rings. The molecule has 1 spiro atoms. The summed E-state index contributed by atoms with van der Waals surface area (Å²) in [7, 11) is 1.48. The van der Waals surface area contributed by atoms with Crippen molar-refractivity contribution in [2.75, 3.05) is 26.8 Å². The molecule has 3 atom stereocenters. The number of benzene rings is 1. The zero-order valence-electron chi connectivity index (χ0n) is 18.8. The summed E-state index contributed by atoms with van der Waals surface area (Å²) < 4.78 is 10.9. The van der Waals surface area contributed by atoms with Crippen LogP contribution in [0.1, 0.15) is 39.1 Å². The van der Waals surface area contributed by atoms with Gasteiger partial charge in [-0.15, -0.1) is 10.2 Å².